The minimum atomic E-state index is -0.259. The van der Waals surface area contributed by atoms with Gasteiger partial charge >= 0.3 is 0 Å². The number of aliphatic imine (C=N–C) groups is 1. The largest absolute Gasteiger partial charge is 0.485 e. The minimum Gasteiger partial charge on any atom is -0.485 e. The Morgan fingerprint density at radius 3 is 2.85 bits per heavy atom. The Morgan fingerprint density at radius 1 is 1.35 bits per heavy atom. The molecule has 3 rings (SSSR count). The number of anilines is 1. The van der Waals surface area contributed by atoms with Crippen molar-refractivity contribution < 1.29 is 9.47 Å². The normalized spacial score (nSPS) is 14.4. The fourth-order valence-corrected chi connectivity index (χ4v) is 2.49. The molecular weight excluding hydrogens is 336 g/mol. The van der Waals surface area contributed by atoms with Crippen LogP contribution in [-0.4, -0.2) is 61.2 Å². The van der Waals surface area contributed by atoms with Crippen LogP contribution in [0.4, 0.5) is 5.69 Å². The van der Waals surface area contributed by atoms with Crippen LogP contribution in [-0.2, 0) is 4.74 Å². The van der Waals surface area contributed by atoms with Gasteiger partial charge in [0, 0.05) is 18.9 Å². The third-order valence-corrected chi connectivity index (χ3v) is 3.88. The van der Waals surface area contributed by atoms with Gasteiger partial charge in [-0.05, 0) is 26.2 Å². The van der Waals surface area contributed by atoms with Crippen molar-refractivity contribution >= 4 is 17.2 Å². The van der Waals surface area contributed by atoms with E-state index in [1.165, 1.54) is 17.7 Å². The predicted molar refractivity (Wildman–Crippen MR) is 99.6 cm³/mol. The second-order valence-corrected chi connectivity index (χ2v) is 6.06. The van der Waals surface area contributed by atoms with Crippen molar-refractivity contribution in [1.82, 2.24) is 14.3 Å². The molecule has 0 fully saturated rings. The summed E-state index contributed by atoms with van der Waals surface area (Å²) < 4.78 is 12.1. The van der Waals surface area contributed by atoms with Crippen molar-refractivity contribution in [2.45, 2.75) is 0 Å². The van der Waals surface area contributed by atoms with Crippen LogP contribution in [0.3, 0.4) is 0 Å². The highest BCUT2D eigenvalue weighted by Crippen LogP contribution is 2.18. The number of aromatic nitrogens is 2. The fraction of sp³-hybridized carbons (Fsp3) is 0.353. The molecule has 26 heavy (non-hydrogen) atoms. The van der Waals surface area contributed by atoms with E-state index in [9.17, 15) is 4.79 Å². The molecule has 0 atom stereocenters. The molecule has 0 saturated heterocycles. The highest BCUT2D eigenvalue weighted by Gasteiger charge is 2.15. The molecule has 0 bridgehead atoms. The average molecular weight is 358 g/mol. The first kappa shape index (κ1) is 17.7. The van der Waals surface area contributed by atoms with E-state index in [-0.39, 0.29) is 11.3 Å². The molecule has 1 aliphatic heterocycles. The minimum absolute atomic E-state index is 0.217. The maximum Gasteiger partial charge on any atom is 0.300 e. The van der Waals surface area contributed by atoms with Crippen molar-refractivity contribution in [2.24, 2.45) is 10.7 Å². The van der Waals surface area contributed by atoms with Crippen LogP contribution in [0, 0.1) is 0 Å². The van der Waals surface area contributed by atoms with Gasteiger partial charge in [0.2, 0.25) is 11.6 Å². The van der Waals surface area contributed by atoms with Gasteiger partial charge in [0.05, 0.1) is 19.0 Å². The topological polar surface area (TPSA) is 97.7 Å². The van der Waals surface area contributed by atoms with E-state index in [1.807, 2.05) is 30.0 Å². The highest BCUT2D eigenvalue weighted by atomic mass is 16.5. The number of nitrogens with zero attached hydrogens (tertiary/aromatic N) is 5. The third-order valence-electron chi connectivity index (χ3n) is 3.88. The Bertz CT molecular complexity index is 918. The Hall–Kier alpha value is -3.07. The molecule has 1 aliphatic rings. The first-order valence-corrected chi connectivity index (χ1v) is 8.11. The van der Waals surface area contributed by atoms with E-state index in [0.29, 0.717) is 37.1 Å². The first-order valence-electron chi connectivity index (χ1n) is 8.11. The summed E-state index contributed by atoms with van der Waals surface area (Å²) in [7, 11) is 5.40. The Balaban J connectivity index is 1.89. The molecule has 138 valence electrons. The summed E-state index contributed by atoms with van der Waals surface area (Å²) >= 11 is 0. The Labute approximate surface area is 151 Å². The van der Waals surface area contributed by atoms with Crippen molar-refractivity contribution in [3.05, 3.63) is 46.8 Å². The van der Waals surface area contributed by atoms with Crippen LogP contribution in [0.2, 0.25) is 0 Å². The Kier molecular flexibility index (Phi) is 5.08. The van der Waals surface area contributed by atoms with E-state index >= 15 is 0 Å². The zero-order chi connectivity index (χ0) is 18.7. The average Bonchev–Trinajstić information content (AvgIpc) is 2.63. The number of pyridine rings is 1. The van der Waals surface area contributed by atoms with Gasteiger partial charge in [0.15, 0.2) is 0 Å². The van der Waals surface area contributed by atoms with Crippen LogP contribution in [0.1, 0.15) is 0 Å². The molecule has 9 nitrogen and oxygen atoms in total. The summed E-state index contributed by atoms with van der Waals surface area (Å²) in [5.41, 5.74) is 7.38. The monoisotopic (exact) mass is 358 g/mol. The lowest BCUT2D eigenvalue weighted by Gasteiger charge is -2.23. The standard InChI is InChI=1S/C17H22N6O3/c1-21(2)6-7-26-14-8-19-15-5-4-12(9-23(15)17(14)24)22-10-13(18)16(25-3)20-11-22/h4-5,8-10H,6-7,11,18H2,1-3H3. The molecule has 0 spiro atoms. The zero-order valence-electron chi connectivity index (χ0n) is 15.0. The van der Waals surface area contributed by atoms with Crippen molar-refractivity contribution in [1.29, 1.82) is 0 Å². The van der Waals surface area contributed by atoms with E-state index in [1.54, 1.807) is 18.5 Å². The molecule has 0 radical (unpaired) electrons. The van der Waals surface area contributed by atoms with Gasteiger partial charge in [-0.15, -0.1) is 0 Å². The van der Waals surface area contributed by atoms with Crippen LogP contribution < -0.4 is 20.9 Å². The quantitative estimate of drug-likeness (QED) is 0.818. The van der Waals surface area contributed by atoms with Crippen molar-refractivity contribution in [3.63, 3.8) is 0 Å². The smallest absolute Gasteiger partial charge is 0.300 e. The second kappa shape index (κ2) is 7.44. The number of nitrogens with two attached hydrogens (primary N) is 1. The van der Waals surface area contributed by atoms with Crippen LogP contribution in [0.15, 0.2) is 46.2 Å². The summed E-state index contributed by atoms with van der Waals surface area (Å²) in [5, 5.41) is 0. The lowest BCUT2D eigenvalue weighted by atomic mass is 10.3. The lowest BCUT2D eigenvalue weighted by Crippen LogP contribution is -2.29. The third kappa shape index (κ3) is 3.62. The first-order chi connectivity index (χ1) is 12.5. The summed E-state index contributed by atoms with van der Waals surface area (Å²) in [6.45, 7) is 1.46. The number of likely N-dealkylation sites (N-methyl/N-ethyl adjacent to an activating group) is 1. The summed E-state index contributed by atoms with van der Waals surface area (Å²) in [6, 6.07) is 3.62. The molecule has 0 aliphatic carbocycles. The molecule has 0 amide bonds. The lowest BCUT2D eigenvalue weighted by molar-refractivity contribution is 0.257. The number of hydrogen-bond acceptors (Lipinski definition) is 8. The van der Waals surface area contributed by atoms with Gasteiger partial charge in [-0.2, -0.15) is 0 Å². The van der Waals surface area contributed by atoms with E-state index in [4.69, 9.17) is 15.2 Å². The molecule has 0 saturated carbocycles. The second-order valence-electron chi connectivity index (χ2n) is 6.06. The molecule has 2 aromatic rings. The maximum atomic E-state index is 12.7. The highest BCUT2D eigenvalue weighted by molar-refractivity contribution is 5.94. The molecular formula is C17H22N6O3. The maximum absolute atomic E-state index is 12.7. The summed E-state index contributed by atoms with van der Waals surface area (Å²) in [6.07, 6.45) is 4.88. The zero-order valence-corrected chi connectivity index (χ0v) is 15.0. The summed E-state index contributed by atoms with van der Waals surface area (Å²) in [4.78, 5) is 25.0. The molecule has 0 unspecified atom stereocenters. The number of methoxy groups -OCH3 is 1. The van der Waals surface area contributed by atoms with Crippen molar-refractivity contribution in [3.8, 4) is 5.75 Å². The number of fused-ring (bicyclic) bond motifs is 1. The van der Waals surface area contributed by atoms with Gasteiger partial charge in [-0.1, -0.05) is 0 Å². The van der Waals surface area contributed by atoms with Crippen LogP contribution in [0.25, 0.3) is 5.65 Å². The van der Waals surface area contributed by atoms with Gasteiger partial charge in [-0.25, -0.2) is 9.98 Å². The fourth-order valence-electron chi connectivity index (χ4n) is 2.49. The molecule has 2 N–H and O–H groups in total. The number of hydrogen-bond donors (Lipinski definition) is 1. The van der Waals surface area contributed by atoms with E-state index < -0.39 is 0 Å². The number of ether oxygens (including phenoxy) is 2. The van der Waals surface area contributed by atoms with Gasteiger partial charge in [0.25, 0.3) is 5.56 Å². The van der Waals surface area contributed by atoms with Gasteiger partial charge < -0.3 is 25.0 Å². The van der Waals surface area contributed by atoms with Gasteiger partial charge in [-0.3, -0.25) is 9.20 Å². The SMILES string of the molecule is COC1=NCN(c2ccc3ncc(OCCN(C)C)c(=O)n3c2)C=C1N. The number of rotatable bonds is 5. The summed E-state index contributed by atoms with van der Waals surface area (Å²) in [5.74, 6) is 0.618. The van der Waals surface area contributed by atoms with Gasteiger partial charge in [0.1, 0.15) is 24.6 Å². The van der Waals surface area contributed by atoms with E-state index in [0.717, 1.165) is 5.69 Å². The Morgan fingerprint density at radius 2 is 2.15 bits per heavy atom. The van der Waals surface area contributed by atoms with Crippen LogP contribution >= 0.6 is 0 Å². The molecule has 0 aromatic carbocycles. The van der Waals surface area contributed by atoms with Crippen LogP contribution in [0.5, 0.6) is 5.75 Å². The van der Waals surface area contributed by atoms with E-state index in [2.05, 4.69) is 9.98 Å². The molecule has 2 aromatic heterocycles. The molecule has 3 heterocycles. The predicted octanol–water partition coefficient (Wildman–Crippen LogP) is 0.257. The molecule has 9 heteroatoms. The van der Waals surface area contributed by atoms with Crippen molar-refractivity contribution in [2.75, 3.05) is 45.9 Å².